The van der Waals surface area contributed by atoms with Crippen molar-refractivity contribution in [2.75, 3.05) is 6.54 Å². The Kier molecular flexibility index (Phi) is 13.1. The zero-order valence-electron chi connectivity index (χ0n) is 12.8. The Morgan fingerprint density at radius 1 is 1.12 bits per heavy atom. The average molecular weight is 229 g/mol. The van der Waals surface area contributed by atoms with Gasteiger partial charge in [0.1, 0.15) is 0 Å². The molecule has 0 radical (unpaired) electrons. The predicted octanol–water partition coefficient (Wildman–Crippen LogP) is 5.01. The standard InChI is InChI=1S/C11H23N.2C2H6/c1-4-12-11(3)8-6-5-7-10(2)9-11;2*1-2/h10,12H,4-9H2,1-3H3;2*1-2H3. The summed E-state index contributed by atoms with van der Waals surface area (Å²) in [5.41, 5.74) is 0.435. The highest BCUT2D eigenvalue weighted by molar-refractivity contribution is 4.86. The first-order valence-corrected chi connectivity index (χ1v) is 7.41. The smallest absolute Gasteiger partial charge is 0.0155 e. The molecule has 100 valence electrons. The van der Waals surface area contributed by atoms with E-state index >= 15 is 0 Å². The molecule has 0 spiro atoms. The van der Waals surface area contributed by atoms with E-state index in [1.165, 1.54) is 32.1 Å². The molecule has 1 nitrogen and oxygen atoms in total. The first-order chi connectivity index (χ1) is 7.66. The normalized spacial score (nSPS) is 29.1. The number of rotatable bonds is 2. The topological polar surface area (TPSA) is 12.0 Å². The summed E-state index contributed by atoms with van der Waals surface area (Å²) in [7, 11) is 0. The summed E-state index contributed by atoms with van der Waals surface area (Å²) in [5.74, 6) is 0.913. The molecule has 16 heavy (non-hydrogen) atoms. The highest BCUT2D eigenvalue weighted by atomic mass is 15.0. The summed E-state index contributed by atoms with van der Waals surface area (Å²) in [4.78, 5) is 0. The third-order valence-electron chi connectivity index (χ3n) is 3.08. The molecule has 1 N–H and O–H groups in total. The van der Waals surface area contributed by atoms with Crippen molar-refractivity contribution in [2.45, 2.75) is 86.1 Å². The van der Waals surface area contributed by atoms with Crippen LogP contribution in [0, 0.1) is 5.92 Å². The fourth-order valence-electron chi connectivity index (χ4n) is 2.57. The van der Waals surface area contributed by atoms with Crippen LogP contribution in [0.1, 0.15) is 80.6 Å². The zero-order chi connectivity index (χ0) is 13.0. The second-order valence-corrected chi connectivity index (χ2v) is 4.65. The summed E-state index contributed by atoms with van der Waals surface area (Å²) in [6, 6.07) is 0. The highest BCUT2D eigenvalue weighted by Gasteiger charge is 2.27. The van der Waals surface area contributed by atoms with Crippen molar-refractivity contribution in [1.29, 1.82) is 0 Å². The van der Waals surface area contributed by atoms with Gasteiger partial charge in [0, 0.05) is 5.54 Å². The lowest BCUT2D eigenvalue weighted by Gasteiger charge is -2.31. The van der Waals surface area contributed by atoms with Crippen LogP contribution in [0.5, 0.6) is 0 Å². The summed E-state index contributed by atoms with van der Waals surface area (Å²) >= 11 is 0. The SMILES string of the molecule is CC.CC.CCNC1(C)CCCCC(C)C1. The van der Waals surface area contributed by atoms with Crippen molar-refractivity contribution in [3.05, 3.63) is 0 Å². The van der Waals surface area contributed by atoms with Crippen LogP contribution in [0.15, 0.2) is 0 Å². The average Bonchev–Trinajstić information content (AvgIpc) is 2.46. The van der Waals surface area contributed by atoms with Crippen LogP contribution in [-0.4, -0.2) is 12.1 Å². The van der Waals surface area contributed by atoms with Gasteiger partial charge in [0.2, 0.25) is 0 Å². The molecule has 2 unspecified atom stereocenters. The van der Waals surface area contributed by atoms with Gasteiger partial charge in [-0.05, 0) is 32.2 Å². The zero-order valence-corrected chi connectivity index (χ0v) is 12.8. The van der Waals surface area contributed by atoms with Gasteiger partial charge < -0.3 is 5.32 Å². The molecule has 0 heterocycles. The Hall–Kier alpha value is -0.0400. The monoisotopic (exact) mass is 229 g/mol. The van der Waals surface area contributed by atoms with E-state index < -0.39 is 0 Å². The maximum atomic E-state index is 3.63. The molecule has 1 rings (SSSR count). The van der Waals surface area contributed by atoms with E-state index in [-0.39, 0.29) is 0 Å². The van der Waals surface area contributed by atoms with E-state index in [0.29, 0.717) is 5.54 Å². The van der Waals surface area contributed by atoms with Crippen molar-refractivity contribution in [3.8, 4) is 0 Å². The Labute approximate surface area is 104 Å². The Balaban J connectivity index is 0. The summed E-state index contributed by atoms with van der Waals surface area (Å²) in [6.45, 7) is 16.1. The van der Waals surface area contributed by atoms with Crippen molar-refractivity contribution >= 4 is 0 Å². The van der Waals surface area contributed by atoms with Gasteiger partial charge in [-0.15, -0.1) is 0 Å². The first kappa shape index (κ1) is 18.3. The molecule has 2 atom stereocenters. The summed E-state index contributed by atoms with van der Waals surface area (Å²) in [6.07, 6.45) is 7.00. The molecule has 1 heteroatoms. The molecule has 1 aliphatic rings. The molecule has 0 bridgehead atoms. The molecule has 0 amide bonds. The molecule has 0 aromatic rings. The third-order valence-corrected chi connectivity index (χ3v) is 3.08. The lowest BCUT2D eigenvalue weighted by atomic mass is 9.88. The van der Waals surface area contributed by atoms with Crippen LogP contribution in [0.4, 0.5) is 0 Å². The van der Waals surface area contributed by atoms with Gasteiger partial charge in [-0.1, -0.05) is 60.8 Å². The Morgan fingerprint density at radius 2 is 1.69 bits per heavy atom. The second kappa shape index (κ2) is 11.4. The van der Waals surface area contributed by atoms with Gasteiger partial charge in [-0.3, -0.25) is 0 Å². The fraction of sp³-hybridized carbons (Fsp3) is 1.00. The van der Waals surface area contributed by atoms with Crippen LogP contribution in [0.2, 0.25) is 0 Å². The minimum atomic E-state index is 0.435. The summed E-state index contributed by atoms with van der Waals surface area (Å²) < 4.78 is 0. The van der Waals surface area contributed by atoms with E-state index in [4.69, 9.17) is 0 Å². The molecule has 0 aromatic heterocycles. The molecule has 0 aromatic carbocycles. The number of hydrogen-bond donors (Lipinski definition) is 1. The minimum Gasteiger partial charge on any atom is -0.312 e. The molecule has 0 saturated heterocycles. The van der Waals surface area contributed by atoms with E-state index in [1.807, 2.05) is 27.7 Å². The van der Waals surface area contributed by atoms with Gasteiger partial charge in [0.25, 0.3) is 0 Å². The van der Waals surface area contributed by atoms with E-state index in [1.54, 1.807) is 0 Å². The van der Waals surface area contributed by atoms with Crippen molar-refractivity contribution in [1.82, 2.24) is 5.32 Å². The van der Waals surface area contributed by atoms with Gasteiger partial charge in [-0.2, -0.15) is 0 Å². The maximum absolute atomic E-state index is 3.63. The molecule has 1 fully saturated rings. The van der Waals surface area contributed by atoms with E-state index in [2.05, 4.69) is 26.1 Å². The lowest BCUT2D eigenvalue weighted by Crippen LogP contribution is -2.42. The molecular formula is C15H35N. The summed E-state index contributed by atoms with van der Waals surface area (Å²) in [5, 5.41) is 3.63. The molecule has 1 saturated carbocycles. The van der Waals surface area contributed by atoms with Crippen LogP contribution < -0.4 is 5.32 Å². The van der Waals surface area contributed by atoms with Crippen molar-refractivity contribution in [3.63, 3.8) is 0 Å². The molecule has 1 aliphatic carbocycles. The molecular weight excluding hydrogens is 194 g/mol. The minimum absolute atomic E-state index is 0.435. The van der Waals surface area contributed by atoms with Crippen LogP contribution >= 0.6 is 0 Å². The maximum Gasteiger partial charge on any atom is 0.0155 e. The first-order valence-electron chi connectivity index (χ1n) is 7.41. The van der Waals surface area contributed by atoms with Gasteiger partial charge in [0.15, 0.2) is 0 Å². The van der Waals surface area contributed by atoms with Gasteiger partial charge >= 0.3 is 0 Å². The number of hydrogen-bond acceptors (Lipinski definition) is 1. The lowest BCUT2D eigenvalue weighted by molar-refractivity contribution is 0.288. The quantitative estimate of drug-likeness (QED) is 0.657. The van der Waals surface area contributed by atoms with Crippen molar-refractivity contribution in [2.24, 2.45) is 5.92 Å². The highest BCUT2D eigenvalue weighted by Crippen LogP contribution is 2.30. The van der Waals surface area contributed by atoms with E-state index in [0.717, 1.165) is 12.5 Å². The second-order valence-electron chi connectivity index (χ2n) is 4.65. The van der Waals surface area contributed by atoms with Gasteiger partial charge in [0.05, 0.1) is 0 Å². The van der Waals surface area contributed by atoms with Crippen molar-refractivity contribution < 1.29 is 0 Å². The Morgan fingerprint density at radius 3 is 2.19 bits per heavy atom. The van der Waals surface area contributed by atoms with Crippen LogP contribution in [0.3, 0.4) is 0 Å². The molecule has 0 aliphatic heterocycles. The third kappa shape index (κ3) is 8.15. The predicted molar refractivity (Wildman–Crippen MR) is 77.0 cm³/mol. The van der Waals surface area contributed by atoms with Crippen LogP contribution in [-0.2, 0) is 0 Å². The fourth-order valence-corrected chi connectivity index (χ4v) is 2.57. The largest absolute Gasteiger partial charge is 0.312 e. The van der Waals surface area contributed by atoms with Crippen LogP contribution in [0.25, 0.3) is 0 Å². The van der Waals surface area contributed by atoms with E-state index in [9.17, 15) is 0 Å². The number of nitrogens with one attached hydrogen (secondary N) is 1. The Bertz CT molecular complexity index is 133. The van der Waals surface area contributed by atoms with Gasteiger partial charge in [-0.25, -0.2) is 0 Å².